The number of anilines is 2. The molecule has 5 heteroatoms. The van der Waals surface area contributed by atoms with Gasteiger partial charge >= 0.3 is 0 Å². The van der Waals surface area contributed by atoms with Gasteiger partial charge in [0.2, 0.25) is 0 Å². The molecule has 0 aliphatic rings. The van der Waals surface area contributed by atoms with Crippen LogP contribution in [-0.2, 0) is 0 Å². The Balaban J connectivity index is 2.14. The van der Waals surface area contributed by atoms with Crippen molar-refractivity contribution in [2.45, 2.75) is 0 Å². The molecule has 4 nitrogen and oxygen atoms in total. The van der Waals surface area contributed by atoms with Gasteiger partial charge in [-0.1, -0.05) is 18.2 Å². The van der Waals surface area contributed by atoms with Gasteiger partial charge in [0.05, 0.1) is 11.2 Å². The number of hydrogen-bond acceptors (Lipinski definition) is 4. The monoisotopic (exact) mass is 264 g/mol. The first-order chi connectivity index (χ1) is 9.78. The highest BCUT2D eigenvalue weighted by Crippen LogP contribution is 2.27. The predicted octanol–water partition coefficient (Wildman–Crippen LogP) is 3.38. The number of halogens is 1. The fourth-order valence-corrected chi connectivity index (χ4v) is 1.94. The molecule has 0 unspecified atom stereocenters. The van der Waals surface area contributed by atoms with E-state index in [1.54, 1.807) is 12.1 Å². The first kappa shape index (κ1) is 12.1. The van der Waals surface area contributed by atoms with E-state index in [9.17, 15) is 4.39 Å². The van der Waals surface area contributed by atoms with Crippen LogP contribution in [0.25, 0.3) is 10.9 Å². The summed E-state index contributed by atoms with van der Waals surface area (Å²) in [4.78, 5) is 0. The van der Waals surface area contributed by atoms with E-state index < -0.39 is 0 Å². The Morgan fingerprint density at radius 2 is 1.75 bits per heavy atom. The fourth-order valence-electron chi connectivity index (χ4n) is 1.94. The zero-order valence-corrected chi connectivity index (χ0v) is 10.3. The number of hydrogen-bond donors (Lipinski definition) is 1. The van der Waals surface area contributed by atoms with Crippen LogP contribution in [0, 0.1) is 17.1 Å². The highest BCUT2D eigenvalue weighted by atomic mass is 19.1. The summed E-state index contributed by atoms with van der Waals surface area (Å²) < 4.78 is 12.9. The fraction of sp³-hybridized carbons (Fsp3) is 0. The van der Waals surface area contributed by atoms with E-state index in [2.05, 4.69) is 15.5 Å². The molecule has 96 valence electrons. The quantitative estimate of drug-likeness (QED) is 0.770. The van der Waals surface area contributed by atoms with Gasteiger partial charge in [-0.2, -0.15) is 5.26 Å². The molecule has 20 heavy (non-hydrogen) atoms. The summed E-state index contributed by atoms with van der Waals surface area (Å²) in [6.07, 6.45) is 0. The van der Waals surface area contributed by atoms with E-state index in [1.165, 1.54) is 12.1 Å². The van der Waals surface area contributed by atoms with Crippen molar-refractivity contribution in [3.63, 3.8) is 0 Å². The molecule has 0 amide bonds. The Morgan fingerprint density at radius 3 is 2.50 bits per heavy atom. The molecule has 0 aliphatic carbocycles. The molecule has 1 heterocycles. The topological polar surface area (TPSA) is 61.6 Å². The minimum Gasteiger partial charge on any atom is -0.353 e. The SMILES string of the molecule is N#Cc1nnc2ccccc2c1Nc1ccc(F)cc1. The summed E-state index contributed by atoms with van der Waals surface area (Å²) in [6.45, 7) is 0. The number of nitrogens with one attached hydrogen (secondary N) is 1. The molecular weight excluding hydrogens is 255 g/mol. The number of nitrogens with zero attached hydrogens (tertiary/aromatic N) is 3. The zero-order chi connectivity index (χ0) is 13.9. The molecule has 0 radical (unpaired) electrons. The molecule has 0 saturated carbocycles. The second-order valence-corrected chi connectivity index (χ2v) is 4.18. The number of rotatable bonds is 2. The van der Waals surface area contributed by atoms with Gasteiger partial charge in [0.25, 0.3) is 0 Å². The summed E-state index contributed by atoms with van der Waals surface area (Å²) in [5, 5.41) is 20.9. The second kappa shape index (κ2) is 4.94. The molecule has 0 fully saturated rings. The Kier molecular flexibility index (Phi) is 2.98. The lowest BCUT2D eigenvalue weighted by Crippen LogP contribution is -1.99. The van der Waals surface area contributed by atoms with E-state index in [4.69, 9.17) is 5.26 Å². The molecule has 0 atom stereocenters. The van der Waals surface area contributed by atoms with Crippen LogP contribution in [0.15, 0.2) is 48.5 Å². The van der Waals surface area contributed by atoms with Gasteiger partial charge < -0.3 is 5.32 Å². The molecule has 0 saturated heterocycles. The van der Waals surface area contributed by atoms with Crippen molar-refractivity contribution in [1.29, 1.82) is 5.26 Å². The minimum absolute atomic E-state index is 0.202. The van der Waals surface area contributed by atoms with Gasteiger partial charge in [-0.15, -0.1) is 10.2 Å². The molecule has 0 spiro atoms. The molecule has 1 N–H and O–H groups in total. The van der Waals surface area contributed by atoms with Crippen LogP contribution in [0.2, 0.25) is 0 Å². The van der Waals surface area contributed by atoms with Gasteiger partial charge in [-0.3, -0.25) is 0 Å². The van der Waals surface area contributed by atoms with Crippen LogP contribution in [0.5, 0.6) is 0 Å². The summed E-state index contributed by atoms with van der Waals surface area (Å²) in [5.74, 6) is -0.311. The summed E-state index contributed by atoms with van der Waals surface area (Å²) in [7, 11) is 0. The average Bonchev–Trinajstić information content (AvgIpc) is 2.50. The Bertz CT molecular complexity index is 806. The normalized spacial score (nSPS) is 10.2. The Morgan fingerprint density at radius 1 is 1.00 bits per heavy atom. The van der Waals surface area contributed by atoms with Crippen molar-refractivity contribution < 1.29 is 4.39 Å². The molecule has 3 aromatic rings. The van der Waals surface area contributed by atoms with Gasteiger partial charge in [0.15, 0.2) is 5.69 Å². The first-order valence-corrected chi connectivity index (χ1v) is 5.96. The van der Waals surface area contributed by atoms with Crippen molar-refractivity contribution in [3.05, 3.63) is 60.0 Å². The largest absolute Gasteiger partial charge is 0.353 e. The smallest absolute Gasteiger partial charge is 0.187 e. The molecule has 2 aromatic carbocycles. The molecule has 3 rings (SSSR count). The Labute approximate surface area is 114 Å². The highest BCUT2D eigenvalue weighted by Gasteiger charge is 2.10. The predicted molar refractivity (Wildman–Crippen MR) is 73.9 cm³/mol. The maximum Gasteiger partial charge on any atom is 0.187 e. The zero-order valence-electron chi connectivity index (χ0n) is 10.3. The standard InChI is InChI=1S/C15H9FN4/c16-10-5-7-11(8-6-10)18-15-12-3-1-2-4-13(12)19-20-14(15)9-17/h1-8H,(H,18,19). The molecule has 0 aliphatic heterocycles. The minimum atomic E-state index is -0.311. The summed E-state index contributed by atoms with van der Waals surface area (Å²) in [6, 6.07) is 15.3. The maximum absolute atomic E-state index is 12.9. The van der Waals surface area contributed by atoms with Gasteiger partial charge in [0.1, 0.15) is 11.9 Å². The van der Waals surface area contributed by atoms with E-state index in [0.717, 1.165) is 5.39 Å². The third kappa shape index (κ3) is 2.15. The lowest BCUT2D eigenvalue weighted by Gasteiger charge is -2.10. The van der Waals surface area contributed by atoms with Gasteiger partial charge in [-0.05, 0) is 30.3 Å². The van der Waals surface area contributed by atoms with Crippen molar-refractivity contribution in [3.8, 4) is 6.07 Å². The second-order valence-electron chi connectivity index (χ2n) is 4.18. The average molecular weight is 264 g/mol. The van der Waals surface area contributed by atoms with Crippen molar-refractivity contribution in [2.75, 3.05) is 5.32 Å². The summed E-state index contributed by atoms with van der Waals surface area (Å²) >= 11 is 0. The van der Waals surface area contributed by atoms with Gasteiger partial charge in [0, 0.05) is 11.1 Å². The van der Waals surface area contributed by atoms with Crippen LogP contribution in [0.3, 0.4) is 0 Å². The third-order valence-corrected chi connectivity index (χ3v) is 2.89. The third-order valence-electron chi connectivity index (χ3n) is 2.89. The first-order valence-electron chi connectivity index (χ1n) is 5.96. The van der Waals surface area contributed by atoms with Crippen LogP contribution >= 0.6 is 0 Å². The lowest BCUT2D eigenvalue weighted by atomic mass is 10.1. The Hall–Kier alpha value is -3.00. The molecular formula is C15H9FN4. The van der Waals surface area contributed by atoms with Crippen LogP contribution in [0.1, 0.15) is 5.69 Å². The van der Waals surface area contributed by atoms with Crippen molar-refractivity contribution >= 4 is 22.3 Å². The van der Waals surface area contributed by atoms with E-state index >= 15 is 0 Å². The number of fused-ring (bicyclic) bond motifs is 1. The maximum atomic E-state index is 12.9. The van der Waals surface area contributed by atoms with E-state index in [0.29, 0.717) is 16.9 Å². The van der Waals surface area contributed by atoms with Crippen LogP contribution < -0.4 is 5.32 Å². The number of aromatic nitrogens is 2. The van der Waals surface area contributed by atoms with Crippen LogP contribution in [0.4, 0.5) is 15.8 Å². The molecule has 0 bridgehead atoms. The van der Waals surface area contributed by atoms with Crippen molar-refractivity contribution in [2.24, 2.45) is 0 Å². The molecule has 1 aromatic heterocycles. The van der Waals surface area contributed by atoms with Gasteiger partial charge in [-0.25, -0.2) is 4.39 Å². The number of benzene rings is 2. The van der Waals surface area contributed by atoms with Crippen molar-refractivity contribution in [1.82, 2.24) is 10.2 Å². The lowest BCUT2D eigenvalue weighted by molar-refractivity contribution is 0.628. The van der Waals surface area contributed by atoms with Crippen LogP contribution in [-0.4, -0.2) is 10.2 Å². The number of nitriles is 1. The van der Waals surface area contributed by atoms with E-state index in [-0.39, 0.29) is 11.5 Å². The van der Waals surface area contributed by atoms with E-state index in [1.807, 2.05) is 30.3 Å². The summed E-state index contributed by atoms with van der Waals surface area (Å²) in [5.41, 5.74) is 2.15. The highest BCUT2D eigenvalue weighted by molar-refractivity contribution is 5.94.